The standard InChI is InChI=1S/C26H42N2O3/c1-16(29)27-26(22(31)28-23(2,3)4)20-10-9-17-18-8-7-13-24(18,5)14-11-19(17)25(20,6)15-12-21(26)30/h17-20H,7-15H2,1-6H3,(H,27,29)(H,28,31)/t17-,18-,19+,20?,24-,25+,26?/m0/s1. The van der Waals surface area contributed by atoms with Crippen molar-refractivity contribution in [2.45, 2.75) is 110 Å². The molecule has 7 atom stereocenters. The molecule has 5 nitrogen and oxygen atoms in total. The lowest BCUT2D eigenvalue weighted by atomic mass is 9.42. The maximum absolute atomic E-state index is 13.7. The lowest BCUT2D eigenvalue weighted by Gasteiger charge is -2.63. The zero-order chi connectivity index (χ0) is 22.8. The summed E-state index contributed by atoms with van der Waals surface area (Å²) in [4.78, 5) is 39.6. The molecule has 4 saturated carbocycles. The molecule has 174 valence electrons. The summed E-state index contributed by atoms with van der Waals surface area (Å²) in [6.07, 6.45) is 9.60. The third-order valence-corrected chi connectivity index (χ3v) is 9.72. The molecule has 0 bridgehead atoms. The van der Waals surface area contributed by atoms with Gasteiger partial charge in [-0.15, -0.1) is 0 Å². The molecular formula is C26H42N2O3. The number of fused-ring (bicyclic) bond motifs is 5. The monoisotopic (exact) mass is 430 g/mol. The molecule has 0 aromatic heterocycles. The second-order valence-corrected chi connectivity index (χ2v) is 12.7. The van der Waals surface area contributed by atoms with Gasteiger partial charge in [0.05, 0.1) is 0 Å². The number of hydrogen-bond donors (Lipinski definition) is 2. The molecule has 0 spiro atoms. The molecule has 0 aliphatic heterocycles. The molecule has 31 heavy (non-hydrogen) atoms. The van der Waals surface area contributed by atoms with Gasteiger partial charge in [-0.2, -0.15) is 0 Å². The van der Waals surface area contributed by atoms with Crippen LogP contribution >= 0.6 is 0 Å². The van der Waals surface area contributed by atoms with Crippen molar-refractivity contribution in [3.05, 3.63) is 0 Å². The Morgan fingerprint density at radius 3 is 2.32 bits per heavy atom. The quantitative estimate of drug-likeness (QED) is 0.638. The first-order valence-electron chi connectivity index (χ1n) is 12.5. The molecule has 4 rings (SSSR count). The Morgan fingerprint density at radius 1 is 0.968 bits per heavy atom. The molecule has 2 N–H and O–H groups in total. The van der Waals surface area contributed by atoms with Crippen LogP contribution in [0.3, 0.4) is 0 Å². The zero-order valence-corrected chi connectivity index (χ0v) is 20.4. The molecule has 4 aliphatic rings. The fourth-order valence-electron chi connectivity index (χ4n) is 8.51. The SMILES string of the molecule is CC(=O)NC1(C(=O)NC(C)(C)C)C(=O)CC[C@@]2(C)C1CC[C@@H]1[C@H]2CC[C@]2(C)CCC[C@@H]12. The van der Waals surface area contributed by atoms with Crippen LogP contribution in [0.2, 0.25) is 0 Å². The first-order valence-corrected chi connectivity index (χ1v) is 12.5. The maximum Gasteiger partial charge on any atom is 0.254 e. The molecule has 0 heterocycles. The van der Waals surface area contributed by atoms with E-state index in [-0.39, 0.29) is 28.9 Å². The summed E-state index contributed by atoms with van der Waals surface area (Å²) in [7, 11) is 0. The average Bonchev–Trinajstić information content (AvgIpc) is 3.04. The highest BCUT2D eigenvalue weighted by Gasteiger charge is 2.67. The molecule has 0 saturated heterocycles. The predicted molar refractivity (Wildman–Crippen MR) is 121 cm³/mol. The minimum atomic E-state index is -1.44. The number of carbonyl (C=O) groups excluding carboxylic acids is 3. The lowest BCUT2D eigenvalue weighted by Crippen LogP contribution is -2.75. The fourth-order valence-corrected chi connectivity index (χ4v) is 8.51. The van der Waals surface area contributed by atoms with Crippen molar-refractivity contribution in [2.24, 2.45) is 34.5 Å². The maximum atomic E-state index is 13.7. The molecule has 0 aromatic rings. The summed E-state index contributed by atoms with van der Waals surface area (Å²) in [5.74, 6) is 1.15. The molecule has 5 heteroatoms. The van der Waals surface area contributed by atoms with E-state index in [0.29, 0.717) is 23.7 Å². The van der Waals surface area contributed by atoms with Crippen molar-refractivity contribution in [3.63, 3.8) is 0 Å². The van der Waals surface area contributed by atoms with Gasteiger partial charge in [0.15, 0.2) is 11.3 Å². The van der Waals surface area contributed by atoms with Gasteiger partial charge in [0.25, 0.3) is 5.91 Å². The topological polar surface area (TPSA) is 75.3 Å². The Hall–Kier alpha value is -1.39. The second-order valence-electron chi connectivity index (χ2n) is 12.7. The van der Waals surface area contributed by atoms with E-state index in [0.717, 1.165) is 25.2 Å². The smallest absolute Gasteiger partial charge is 0.254 e. The number of carbonyl (C=O) groups is 3. The van der Waals surface area contributed by atoms with Crippen LogP contribution in [-0.4, -0.2) is 28.7 Å². The minimum Gasteiger partial charge on any atom is -0.349 e. The van der Waals surface area contributed by atoms with Crippen LogP contribution in [0.25, 0.3) is 0 Å². The van der Waals surface area contributed by atoms with E-state index in [1.165, 1.54) is 39.0 Å². The van der Waals surface area contributed by atoms with Crippen LogP contribution in [0.15, 0.2) is 0 Å². The molecule has 4 fully saturated rings. The average molecular weight is 431 g/mol. The van der Waals surface area contributed by atoms with Gasteiger partial charge in [-0.3, -0.25) is 14.4 Å². The highest BCUT2D eigenvalue weighted by Crippen LogP contribution is 2.67. The van der Waals surface area contributed by atoms with Crippen LogP contribution in [0, 0.1) is 34.5 Å². The Kier molecular flexibility index (Phi) is 5.38. The van der Waals surface area contributed by atoms with Gasteiger partial charge in [0, 0.05) is 24.8 Å². The molecular weight excluding hydrogens is 388 g/mol. The van der Waals surface area contributed by atoms with Crippen molar-refractivity contribution in [2.75, 3.05) is 0 Å². The molecule has 0 aromatic carbocycles. The predicted octanol–water partition coefficient (Wildman–Crippen LogP) is 4.39. The number of nitrogens with one attached hydrogen (secondary N) is 2. The Labute approximate surface area is 187 Å². The van der Waals surface area contributed by atoms with Crippen LogP contribution in [0.1, 0.15) is 99.3 Å². The molecule has 2 unspecified atom stereocenters. The Morgan fingerprint density at radius 2 is 1.68 bits per heavy atom. The third kappa shape index (κ3) is 3.45. The highest BCUT2D eigenvalue weighted by atomic mass is 16.2. The summed E-state index contributed by atoms with van der Waals surface area (Å²) in [6, 6.07) is 0. The van der Waals surface area contributed by atoms with Gasteiger partial charge in [0.2, 0.25) is 5.91 Å². The molecule has 2 amide bonds. The first-order chi connectivity index (χ1) is 14.3. The number of amides is 2. The summed E-state index contributed by atoms with van der Waals surface area (Å²) < 4.78 is 0. The number of ketones is 1. The van der Waals surface area contributed by atoms with Crippen molar-refractivity contribution in [3.8, 4) is 0 Å². The van der Waals surface area contributed by atoms with Gasteiger partial charge < -0.3 is 10.6 Å². The van der Waals surface area contributed by atoms with E-state index in [1.807, 2.05) is 20.8 Å². The van der Waals surface area contributed by atoms with E-state index in [9.17, 15) is 14.4 Å². The van der Waals surface area contributed by atoms with Gasteiger partial charge >= 0.3 is 0 Å². The van der Waals surface area contributed by atoms with Gasteiger partial charge in [-0.25, -0.2) is 0 Å². The van der Waals surface area contributed by atoms with Crippen LogP contribution in [-0.2, 0) is 14.4 Å². The molecule has 0 radical (unpaired) electrons. The van der Waals surface area contributed by atoms with Crippen molar-refractivity contribution in [1.82, 2.24) is 10.6 Å². The van der Waals surface area contributed by atoms with Crippen LogP contribution in [0.4, 0.5) is 0 Å². The van der Waals surface area contributed by atoms with E-state index >= 15 is 0 Å². The van der Waals surface area contributed by atoms with E-state index in [4.69, 9.17) is 0 Å². The van der Waals surface area contributed by atoms with Gasteiger partial charge in [-0.1, -0.05) is 20.3 Å². The van der Waals surface area contributed by atoms with Crippen LogP contribution in [0.5, 0.6) is 0 Å². The van der Waals surface area contributed by atoms with Crippen molar-refractivity contribution in [1.29, 1.82) is 0 Å². The fraction of sp³-hybridized carbons (Fsp3) is 0.885. The normalized spacial score (nSPS) is 44.6. The largest absolute Gasteiger partial charge is 0.349 e. The van der Waals surface area contributed by atoms with E-state index < -0.39 is 11.1 Å². The van der Waals surface area contributed by atoms with E-state index in [1.54, 1.807) is 0 Å². The number of hydrogen-bond acceptors (Lipinski definition) is 3. The van der Waals surface area contributed by atoms with Gasteiger partial charge in [-0.05, 0) is 94.3 Å². The minimum absolute atomic E-state index is 0.0988. The van der Waals surface area contributed by atoms with Gasteiger partial charge in [0.1, 0.15) is 0 Å². The Bertz CT molecular complexity index is 786. The first kappa shape index (κ1) is 22.8. The molecule has 4 aliphatic carbocycles. The summed E-state index contributed by atoms with van der Waals surface area (Å²) in [5.41, 5.74) is -1.52. The second kappa shape index (κ2) is 7.31. The van der Waals surface area contributed by atoms with Crippen LogP contribution < -0.4 is 10.6 Å². The lowest BCUT2D eigenvalue weighted by molar-refractivity contribution is -0.169. The number of rotatable bonds is 2. The van der Waals surface area contributed by atoms with E-state index in [2.05, 4.69) is 24.5 Å². The highest BCUT2D eigenvalue weighted by molar-refractivity contribution is 6.14. The number of Topliss-reactive ketones (excluding diaryl/α,β-unsaturated/α-hetero) is 1. The van der Waals surface area contributed by atoms with Crippen molar-refractivity contribution >= 4 is 17.6 Å². The third-order valence-electron chi connectivity index (χ3n) is 9.72. The Balaban J connectivity index is 1.74. The summed E-state index contributed by atoms with van der Waals surface area (Å²) in [6.45, 7) is 12.0. The summed E-state index contributed by atoms with van der Waals surface area (Å²) in [5, 5.41) is 6.00. The zero-order valence-electron chi connectivity index (χ0n) is 20.4. The van der Waals surface area contributed by atoms with Crippen molar-refractivity contribution < 1.29 is 14.4 Å². The summed E-state index contributed by atoms with van der Waals surface area (Å²) >= 11 is 0.